The Labute approximate surface area is 195 Å². The lowest BCUT2D eigenvalue weighted by atomic mass is 10.1. The van der Waals surface area contributed by atoms with E-state index < -0.39 is 43.8 Å². The number of amides is 1. The fourth-order valence-corrected chi connectivity index (χ4v) is 2.67. The number of para-hydroxylation sites is 1. The van der Waals surface area contributed by atoms with Crippen molar-refractivity contribution in [3.63, 3.8) is 0 Å². The van der Waals surface area contributed by atoms with E-state index in [9.17, 15) is 14.7 Å². The molecule has 3 aromatic rings. The first kappa shape index (κ1) is 26.5. The number of nitrogens with one attached hydrogen (secondary N) is 1. The maximum Gasteiger partial charge on any atom is 0.322 e. The van der Waals surface area contributed by atoms with Gasteiger partial charge in [0.2, 0.25) is 0 Å². The quantitative estimate of drug-likeness (QED) is 0.242. The highest BCUT2D eigenvalue weighted by Crippen LogP contribution is 2.33. The molecule has 3 rings (SSSR count). The highest BCUT2D eigenvalue weighted by atomic mass is 16.5. The van der Waals surface area contributed by atoms with Crippen molar-refractivity contribution in [1.29, 1.82) is 0 Å². The monoisotopic (exact) mass is 473 g/mol. The number of pyridine rings is 1. The lowest BCUT2D eigenvalue weighted by Crippen LogP contribution is -2.50. The Hall–Kier alpha value is -3.77. The number of rotatable bonds is 8. The molecule has 182 valence electrons. The van der Waals surface area contributed by atoms with Crippen molar-refractivity contribution < 1.29 is 39.9 Å². The van der Waals surface area contributed by atoms with E-state index in [0.29, 0.717) is 28.0 Å². The first-order valence-corrected chi connectivity index (χ1v) is 10.1. The van der Waals surface area contributed by atoms with Gasteiger partial charge < -0.3 is 41.3 Å². The van der Waals surface area contributed by atoms with Crippen LogP contribution in [-0.4, -0.2) is 74.3 Å². The van der Waals surface area contributed by atoms with E-state index in [1.807, 2.05) is 30.3 Å². The molecule has 8 N–H and O–H groups in total. The topological polar surface area (TPSA) is 195 Å². The Bertz CT molecular complexity index is 1130. The Balaban J connectivity index is 0.000000440. The number of aliphatic hydroxyl groups excluding tert-OH is 3. The Morgan fingerprint density at radius 1 is 1.00 bits per heavy atom. The number of benzene rings is 2. The van der Waals surface area contributed by atoms with Gasteiger partial charge in [0.15, 0.2) is 11.4 Å². The molecule has 0 saturated heterocycles. The molecule has 34 heavy (non-hydrogen) atoms. The first-order chi connectivity index (χ1) is 16.1. The van der Waals surface area contributed by atoms with Crippen molar-refractivity contribution in [3.8, 4) is 17.2 Å². The lowest BCUT2D eigenvalue weighted by Gasteiger charge is -2.20. The molecule has 11 nitrogen and oxygen atoms in total. The number of fused-ring (bicyclic) bond motifs is 1. The number of aliphatic hydroxyl groups is 3. The number of aromatic hydroxyl groups is 1. The van der Waals surface area contributed by atoms with Gasteiger partial charge in [0.1, 0.15) is 18.0 Å². The third-order valence-electron chi connectivity index (χ3n) is 4.68. The molecule has 0 aliphatic rings. The number of carbonyl (C=O) groups excluding carboxylic acids is 1. The van der Waals surface area contributed by atoms with Crippen molar-refractivity contribution in [2.24, 2.45) is 5.73 Å². The van der Waals surface area contributed by atoms with E-state index in [4.69, 9.17) is 30.9 Å². The van der Waals surface area contributed by atoms with Crippen LogP contribution >= 0.6 is 0 Å². The van der Waals surface area contributed by atoms with Gasteiger partial charge in [-0.2, -0.15) is 0 Å². The van der Waals surface area contributed by atoms with E-state index in [1.165, 1.54) is 0 Å². The second-order valence-electron chi connectivity index (χ2n) is 7.43. The summed E-state index contributed by atoms with van der Waals surface area (Å²) in [7, 11) is 0. The summed E-state index contributed by atoms with van der Waals surface area (Å²) in [5, 5.41) is 47.3. The van der Waals surface area contributed by atoms with Crippen molar-refractivity contribution >= 4 is 22.6 Å². The van der Waals surface area contributed by atoms with Gasteiger partial charge in [-0.05, 0) is 37.3 Å². The number of nitrogens with zero attached hydrogens (tertiary/aromatic N) is 1. The van der Waals surface area contributed by atoms with E-state index in [0.717, 1.165) is 0 Å². The van der Waals surface area contributed by atoms with Crippen LogP contribution in [0.5, 0.6) is 17.2 Å². The zero-order valence-electron chi connectivity index (χ0n) is 18.4. The minimum atomic E-state index is -1.21. The van der Waals surface area contributed by atoms with Crippen LogP contribution in [0.4, 0.5) is 0 Å². The number of aromatic nitrogens is 1. The van der Waals surface area contributed by atoms with E-state index in [2.05, 4.69) is 10.3 Å². The maximum atomic E-state index is 12.1. The van der Waals surface area contributed by atoms with Gasteiger partial charge in [-0.15, -0.1) is 0 Å². The zero-order valence-corrected chi connectivity index (χ0v) is 18.4. The molecule has 0 saturated carbocycles. The van der Waals surface area contributed by atoms with Gasteiger partial charge in [-0.3, -0.25) is 9.59 Å². The highest BCUT2D eigenvalue weighted by molar-refractivity contribution is 6.03. The standard InChI is InChI=1S/C19H16N2O5.C4H11NO3/c1-11-15-9-13(26-12-5-3-2-4-6-12)7-8-14(15)18(24)17(21-11)19(25)20-10-16(22)23;5-4(1-6,2-7)3-8/h2-9,24H,10H2,1H3,(H,20,25)(H,22,23);6-8H,1-3,5H2. The van der Waals surface area contributed by atoms with Crippen LogP contribution in [0.15, 0.2) is 48.5 Å². The summed E-state index contributed by atoms with van der Waals surface area (Å²) in [5.74, 6) is -1.00. The summed E-state index contributed by atoms with van der Waals surface area (Å²) in [6, 6.07) is 14.3. The van der Waals surface area contributed by atoms with Crippen LogP contribution in [0, 0.1) is 6.92 Å². The number of aryl methyl sites for hydroxylation is 1. The van der Waals surface area contributed by atoms with Crippen LogP contribution < -0.4 is 15.8 Å². The molecule has 1 amide bonds. The minimum Gasteiger partial charge on any atom is -0.505 e. The molecule has 0 unspecified atom stereocenters. The average Bonchev–Trinajstić information content (AvgIpc) is 2.85. The van der Waals surface area contributed by atoms with Crippen LogP contribution in [0.3, 0.4) is 0 Å². The largest absolute Gasteiger partial charge is 0.505 e. The molecule has 0 bridgehead atoms. The Morgan fingerprint density at radius 3 is 2.15 bits per heavy atom. The number of hydrogen-bond acceptors (Lipinski definition) is 9. The zero-order chi connectivity index (χ0) is 25.3. The highest BCUT2D eigenvalue weighted by Gasteiger charge is 2.21. The van der Waals surface area contributed by atoms with Crippen molar-refractivity contribution in [1.82, 2.24) is 10.3 Å². The fourth-order valence-electron chi connectivity index (χ4n) is 2.67. The van der Waals surface area contributed by atoms with Gasteiger partial charge in [-0.1, -0.05) is 18.2 Å². The van der Waals surface area contributed by atoms with Crippen LogP contribution in [0.1, 0.15) is 16.2 Å². The van der Waals surface area contributed by atoms with Crippen LogP contribution in [-0.2, 0) is 4.79 Å². The molecule has 1 aromatic heterocycles. The lowest BCUT2D eigenvalue weighted by molar-refractivity contribution is -0.135. The minimum absolute atomic E-state index is 0.215. The van der Waals surface area contributed by atoms with Gasteiger partial charge in [0.25, 0.3) is 5.91 Å². The fraction of sp³-hybridized carbons (Fsp3) is 0.261. The molecule has 11 heteroatoms. The van der Waals surface area contributed by atoms with Crippen molar-refractivity contribution in [3.05, 3.63) is 59.9 Å². The third-order valence-corrected chi connectivity index (χ3v) is 4.68. The second kappa shape index (κ2) is 11.9. The molecule has 0 aliphatic heterocycles. The Morgan fingerprint density at radius 2 is 1.62 bits per heavy atom. The third kappa shape index (κ3) is 6.86. The molecule has 1 heterocycles. The molecule has 0 aliphatic carbocycles. The summed E-state index contributed by atoms with van der Waals surface area (Å²) in [5.41, 5.74) is 4.23. The smallest absolute Gasteiger partial charge is 0.322 e. The number of carboxylic acids is 1. The van der Waals surface area contributed by atoms with Gasteiger partial charge in [-0.25, -0.2) is 4.98 Å². The molecule has 2 aromatic carbocycles. The number of aliphatic carboxylic acids is 1. The predicted molar refractivity (Wildman–Crippen MR) is 123 cm³/mol. The van der Waals surface area contributed by atoms with Crippen LogP contribution in [0.25, 0.3) is 10.8 Å². The van der Waals surface area contributed by atoms with Crippen molar-refractivity contribution in [2.75, 3.05) is 26.4 Å². The maximum absolute atomic E-state index is 12.1. The Kier molecular flexibility index (Phi) is 9.27. The SMILES string of the molecule is Cc1nc(C(=O)NCC(=O)O)c(O)c2ccc(Oc3ccccc3)cc12.NC(CO)(CO)CO. The molecule has 0 fully saturated rings. The van der Waals surface area contributed by atoms with E-state index >= 15 is 0 Å². The summed E-state index contributed by atoms with van der Waals surface area (Å²) in [4.78, 5) is 26.7. The summed E-state index contributed by atoms with van der Waals surface area (Å²) < 4.78 is 5.77. The molecule has 0 atom stereocenters. The van der Waals surface area contributed by atoms with E-state index in [-0.39, 0.29) is 11.4 Å². The number of nitrogens with two attached hydrogens (primary N) is 1. The molecular formula is C23H27N3O8. The van der Waals surface area contributed by atoms with Gasteiger partial charge >= 0.3 is 5.97 Å². The predicted octanol–water partition coefficient (Wildman–Crippen LogP) is 0.516. The average molecular weight is 473 g/mol. The van der Waals surface area contributed by atoms with Crippen LogP contribution in [0.2, 0.25) is 0 Å². The van der Waals surface area contributed by atoms with Gasteiger partial charge in [0.05, 0.1) is 25.4 Å². The van der Waals surface area contributed by atoms with E-state index in [1.54, 1.807) is 25.1 Å². The number of carboxylic acid groups (broad SMARTS) is 1. The number of hydrogen-bond donors (Lipinski definition) is 7. The summed E-state index contributed by atoms with van der Waals surface area (Å²) >= 11 is 0. The summed E-state index contributed by atoms with van der Waals surface area (Å²) in [6.45, 7) is -0.0665. The second-order valence-corrected chi connectivity index (χ2v) is 7.43. The number of ether oxygens (including phenoxy) is 1. The molecule has 0 spiro atoms. The number of carbonyl (C=O) groups is 2. The molecular weight excluding hydrogens is 446 g/mol. The van der Waals surface area contributed by atoms with Crippen molar-refractivity contribution in [2.45, 2.75) is 12.5 Å². The molecule has 0 radical (unpaired) electrons. The summed E-state index contributed by atoms with van der Waals surface area (Å²) in [6.07, 6.45) is 0. The first-order valence-electron chi connectivity index (χ1n) is 10.1. The normalized spacial score (nSPS) is 10.9. The van der Waals surface area contributed by atoms with Gasteiger partial charge in [0, 0.05) is 16.5 Å².